The van der Waals surface area contributed by atoms with Crippen LogP contribution in [0.3, 0.4) is 0 Å². The molecule has 1 rings (SSSR count). The number of nitrogens with zero attached hydrogens (tertiary/aromatic N) is 1. The second-order valence-corrected chi connectivity index (χ2v) is 2.80. The monoisotopic (exact) mass is 175 g/mol. The summed E-state index contributed by atoms with van der Waals surface area (Å²) in [5, 5.41) is 17.5. The maximum Gasteiger partial charge on any atom is 0.306 e. The van der Waals surface area contributed by atoms with Gasteiger partial charge in [0, 0.05) is 0 Å². The molecule has 0 aliphatic heterocycles. The van der Waals surface area contributed by atoms with Crippen LogP contribution in [-0.2, 0) is 9.63 Å². The first kappa shape index (κ1) is 8.76. The van der Waals surface area contributed by atoms with Gasteiger partial charge in [0.15, 0.2) is 0 Å². The van der Waals surface area contributed by atoms with Crippen molar-refractivity contribution in [1.82, 2.24) is 0 Å². The van der Waals surface area contributed by atoms with E-state index in [1.54, 1.807) is 0 Å². The lowest BCUT2D eigenvalue weighted by atomic mass is 10.1. The molecule has 0 aromatic rings. The molecule has 0 saturated heterocycles. The molecule has 12 heavy (non-hydrogen) atoms. The minimum absolute atomic E-state index is 0.246. The molecule has 1 N–H and O–H groups in total. The molecule has 6 nitrogen and oxygen atoms in total. The lowest BCUT2D eigenvalue weighted by Gasteiger charge is -2.05. The molecular weight excluding hydrogens is 166 g/mol. The van der Waals surface area contributed by atoms with E-state index in [1.807, 2.05) is 0 Å². The molecule has 0 heterocycles. The summed E-state index contributed by atoms with van der Waals surface area (Å²) in [5.41, 5.74) is 0. The van der Waals surface area contributed by atoms with Crippen LogP contribution in [0.5, 0.6) is 0 Å². The normalized spacial score (nSPS) is 28.3. The summed E-state index contributed by atoms with van der Waals surface area (Å²) in [6, 6.07) is 0. The molecule has 0 bridgehead atoms. The van der Waals surface area contributed by atoms with Crippen LogP contribution in [0, 0.1) is 16.0 Å². The first-order chi connectivity index (χ1) is 5.59. The summed E-state index contributed by atoms with van der Waals surface area (Å²) in [6.07, 6.45) is 0.642. The van der Waals surface area contributed by atoms with Crippen molar-refractivity contribution in [1.29, 1.82) is 0 Å². The second-order valence-electron chi connectivity index (χ2n) is 2.80. The van der Waals surface area contributed by atoms with E-state index >= 15 is 0 Å². The van der Waals surface area contributed by atoms with Crippen LogP contribution in [0.4, 0.5) is 0 Å². The number of rotatable bonds is 3. The lowest BCUT2D eigenvalue weighted by molar-refractivity contribution is -0.768. The highest BCUT2D eigenvalue weighted by Gasteiger charge is 2.31. The van der Waals surface area contributed by atoms with Gasteiger partial charge in [0.1, 0.15) is 6.10 Å². The van der Waals surface area contributed by atoms with Gasteiger partial charge in [-0.25, -0.2) is 0 Å². The van der Waals surface area contributed by atoms with Gasteiger partial charge in [-0.15, -0.1) is 10.1 Å². The molecule has 0 amide bonds. The molecule has 1 unspecified atom stereocenters. The Morgan fingerprint density at radius 3 is 2.67 bits per heavy atom. The average Bonchev–Trinajstić information content (AvgIpc) is 2.34. The Labute approximate surface area is 68.2 Å². The summed E-state index contributed by atoms with van der Waals surface area (Å²) in [7, 11) is 0. The van der Waals surface area contributed by atoms with E-state index in [-0.39, 0.29) is 6.42 Å². The van der Waals surface area contributed by atoms with Crippen LogP contribution in [0.25, 0.3) is 0 Å². The van der Waals surface area contributed by atoms with Gasteiger partial charge in [-0.3, -0.25) is 4.79 Å². The average molecular weight is 175 g/mol. The SMILES string of the molecule is O=C(O)[C@H]1CCC(O[N+](=O)[O-])C1. The van der Waals surface area contributed by atoms with E-state index < -0.39 is 23.1 Å². The minimum Gasteiger partial charge on any atom is -0.481 e. The zero-order chi connectivity index (χ0) is 9.14. The summed E-state index contributed by atoms with van der Waals surface area (Å²) in [6.45, 7) is 0. The summed E-state index contributed by atoms with van der Waals surface area (Å²) in [5.74, 6) is -1.38. The zero-order valence-corrected chi connectivity index (χ0v) is 6.30. The molecule has 0 aromatic heterocycles. The first-order valence-electron chi connectivity index (χ1n) is 3.63. The Balaban J connectivity index is 2.35. The minimum atomic E-state index is -0.899. The largest absolute Gasteiger partial charge is 0.481 e. The van der Waals surface area contributed by atoms with Gasteiger partial charge in [-0.2, -0.15) is 0 Å². The fraction of sp³-hybridized carbons (Fsp3) is 0.833. The molecule has 1 aliphatic rings. The van der Waals surface area contributed by atoms with E-state index in [4.69, 9.17) is 5.11 Å². The highest BCUT2D eigenvalue weighted by molar-refractivity contribution is 5.70. The molecule has 0 aromatic carbocycles. The molecule has 2 atom stereocenters. The molecule has 0 radical (unpaired) electrons. The Hall–Kier alpha value is -1.33. The van der Waals surface area contributed by atoms with Gasteiger partial charge in [0.25, 0.3) is 5.09 Å². The predicted octanol–water partition coefficient (Wildman–Crippen LogP) is 0.448. The summed E-state index contributed by atoms with van der Waals surface area (Å²) in [4.78, 5) is 24.5. The molecule has 1 saturated carbocycles. The van der Waals surface area contributed by atoms with Crippen LogP contribution in [0.2, 0.25) is 0 Å². The second kappa shape index (κ2) is 3.38. The third-order valence-corrected chi connectivity index (χ3v) is 1.97. The van der Waals surface area contributed by atoms with Gasteiger partial charge in [0.2, 0.25) is 0 Å². The van der Waals surface area contributed by atoms with Crippen molar-refractivity contribution in [3.05, 3.63) is 10.1 Å². The van der Waals surface area contributed by atoms with Crippen molar-refractivity contribution in [2.75, 3.05) is 0 Å². The van der Waals surface area contributed by atoms with Crippen LogP contribution >= 0.6 is 0 Å². The quantitative estimate of drug-likeness (QED) is 0.496. The predicted molar refractivity (Wildman–Crippen MR) is 36.8 cm³/mol. The fourth-order valence-electron chi connectivity index (χ4n) is 1.38. The molecule has 1 aliphatic carbocycles. The van der Waals surface area contributed by atoms with Crippen LogP contribution in [0.1, 0.15) is 19.3 Å². The lowest BCUT2D eigenvalue weighted by Crippen LogP contribution is -2.16. The molecule has 1 fully saturated rings. The third-order valence-electron chi connectivity index (χ3n) is 1.97. The number of carboxylic acids is 1. The van der Waals surface area contributed by atoms with E-state index in [2.05, 4.69) is 4.84 Å². The smallest absolute Gasteiger partial charge is 0.306 e. The van der Waals surface area contributed by atoms with Gasteiger partial charge >= 0.3 is 5.97 Å². The van der Waals surface area contributed by atoms with Gasteiger partial charge < -0.3 is 9.94 Å². The van der Waals surface area contributed by atoms with Crippen molar-refractivity contribution in [3.8, 4) is 0 Å². The molecule has 0 spiro atoms. The Bertz CT molecular complexity index is 204. The third kappa shape index (κ3) is 2.08. The van der Waals surface area contributed by atoms with Gasteiger partial charge in [0.05, 0.1) is 5.92 Å². The molecule has 6 heteroatoms. The number of aliphatic carboxylic acids is 1. The summed E-state index contributed by atoms with van der Waals surface area (Å²) < 4.78 is 0. The molecular formula is C6H9NO5. The van der Waals surface area contributed by atoms with Crippen LogP contribution in [0.15, 0.2) is 0 Å². The van der Waals surface area contributed by atoms with Crippen molar-refractivity contribution < 1.29 is 19.8 Å². The zero-order valence-electron chi connectivity index (χ0n) is 6.30. The summed E-state index contributed by atoms with van der Waals surface area (Å²) >= 11 is 0. The number of carboxylic acid groups (broad SMARTS) is 1. The van der Waals surface area contributed by atoms with E-state index in [0.717, 1.165) is 0 Å². The maximum absolute atomic E-state index is 10.4. The van der Waals surface area contributed by atoms with Crippen molar-refractivity contribution >= 4 is 5.97 Å². The fourth-order valence-corrected chi connectivity index (χ4v) is 1.38. The van der Waals surface area contributed by atoms with Crippen molar-refractivity contribution in [2.24, 2.45) is 5.92 Å². The highest BCUT2D eigenvalue weighted by Crippen LogP contribution is 2.27. The topological polar surface area (TPSA) is 89.7 Å². The number of hydrogen-bond donors (Lipinski definition) is 1. The first-order valence-corrected chi connectivity index (χ1v) is 3.63. The Morgan fingerprint density at radius 1 is 1.58 bits per heavy atom. The van der Waals surface area contributed by atoms with Crippen molar-refractivity contribution in [3.63, 3.8) is 0 Å². The number of hydrogen-bond acceptors (Lipinski definition) is 4. The molecule has 68 valence electrons. The Morgan fingerprint density at radius 2 is 2.25 bits per heavy atom. The van der Waals surface area contributed by atoms with E-state index in [0.29, 0.717) is 12.8 Å². The van der Waals surface area contributed by atoms with Crippen molar-refractivity contribution in [2.45, 2.75) is 25.4 Å². The van der Waals surface area contributed by atoms with E-state index in [1.165, 1.54) is 0 Å². The standard InChI is InChI=1S/C6H9NO5/c8-6(9)4-1-2-5(3-4)12-7(10)11/h4-5H,1-3H2,(H,8,9)/t4-,5?/m0/s1. The number of carbonyl (C=O) groups is 1. The Kier molecular flexibility index (Phi) is 2.47. The van der Waals surface area contributed by atoms with Crippen LogP contribution < -0.4 is 0 Å². The van der Waals surface area contributed by atoms with Crippen LogP contribution in [-0.4, -0.2) is 22.3 Å². The maximum atomic E-state index is 10.4. The van der Waals surface area contributed by atoms with Gasteiger partial charge in [-0.05, 0) is 19.3 Å². The highest BCUT2D eigenvalue weighted by atomic mass is 17.0. The van der Waals surface area contributed by atoms with E-state index in [9.17, 15) is 14.9 Å². The van der Waals surface area contributed by atoms with Gasteiger partial charge in [-0.1, -0.05) is 0 Å².